The normalized spacial score (nSPS) is 29.4. The monoisotopic (exact) mass is 294 g/mol. The largest absolute Gasteiger partial charge is 0.314 e. The van der Waals surface area contributed by atoms with Crippen molar-refractivity contribution in [1.82, 2.24) is 10.2 Å². The average Bonchev–Trinajstić information content (AvgIpc) is 2.44. The second-order valence-electron chi connectivity index (χ2n) is 5.99. The Bertz CT molecular complexity index is 435. The molecule has 2 nitrogen and oxygen atoms in total. The molecule has 1 aliphatic heterocycles. The quantitative estimate of drug-likeness (QED) is 0.899. The van der Waals surface area contributed by atoms with Crippen LogP contribution in [-0.4, -0.2) is 30.1 Å². The molecule has 1 aromatic carbocycles. The number of nitrogens with zero attached hydrogens (tertiary/aromatic N) is 1. The first-order chi connectivity index (χ1) is 9.56. The van der Waals surface area contributed by atoms with E-state index >= 15 is 0 Å². The number of piperidine rings is 1. The van der Waals surface area contributed by atoms with Crippen molar-refractivity contribution in [3.8, 4) is 0 Å². The standard InChI is InChI=1S/C17H27ClN2/c1-5-19-17-10-11-20(13(3)12(17)2)14(4)15-8-6-7-9-16(15)18/h6-9,12-14,17,19H,5,10-11H2,1-4H3. The molecule has 2 rings (SSSR count). The van der Waals surface area contributed by atoms with E-state index in [0.717, 1.165) is 18.1 Å². The molecule has 0 aromatic heterocycles. The van der Waals surface area contributed by atoms with E-state index < -0.39 is 0 Å². The van der Waals surface area contributed by atoms with E-state index in [4.69, 9.17) is 11.6 Å². The van der Waals surface area contributed by atoms with Gasteiger partial charge in [-0.3, -0.25) is 4.90 Å². The molecule has 0 radical (unpaired) electrons. The molecular formula is C17H27ClN2. The van der Waals surface area contributed by atoms with E-state index in [2.05, 4.69) is 50.0 Å². The van der Waals surface area contributed by atoms with Crippen LogP contribution in [0.25, 0.3) is 0 Å². The topological polar surface area (TPSA) is 15.3 Å². The van der Waals surface area contributed by atoms with Crippen LogP contribution in [0.2, 0.25) is 5.02 Å². The highest BCUT2D eigenvalue weighted by molar-refractivity contribution is 6.31. The van der Waals surface area contributed by atoms with Gasteiger partial charge < -0.3 is 5.32 Å². The molecule has 20 heavy (non-hydrogen) atoms. The van der Waals surface area contributed by atoms with Crippen LogP contribution in [0.3, 0.4) is 0 Å². The molecule has 1 aliphatic rings. The van der Waals surface area contributed by atoms with Crippen molar-refractivity contribution in [2.75, 3.05) is 13.1 Å². The minimum Gasteiger partial charge on any atom is -0.314 e. The van der Waals surface area contributed by atoms with E-state index in [0.29, 0.717) is 24.0 Å². The summed E-state index contributed by atoms with van der Waals surface area (Å²) in [5.41, 5.74) is 1.25. The first-order valence-corrected chi connectivity index (χ1v) is 8.17. The highest BCUT2D eigenvalue weighted by Crippen LogP contribution is 2.34. The highest BCUT2D eigenvalue weighted by Gasteiger charge is 2.34. The van der Waals surface area contributed by atoms with E-state index in [1.54, 1.807) is 0 Å². The number of hydrogen-bond donors (Lipinski definition) is 1. The van der Waals surface area contributed by atoms with Gasteiger partial charge in [0.2, 0.25) is 0 Å². The molecule has 0 bridgehead atoms. The summed E-state index contributed by atoms with van der Waals surface area (Å²) < 4.78 is 0. The number of benzene rings is 1. The Morgan fingerprint density at radius 2 is 2.05 bits per heavy atom. The number of halogens is 1. The number of hydrogen-bond acceptors (Lipinski definition) is 2. The second-order valence-corrected chi connectivity index (χ2v) is 6.40. The van der Waals surface area contributed by atoms with Gasteiger partial charge in [-0.1, -0.05) is 43.6 Å². The maximum atomic E-state index is 6.36. The molecule has 4 unspecified atom stereocenters. The van der Waals surface area contributed by atoms with Crippen LogP contribution in [0.5, 0.6) is 0 Å². The Labute approximate surface area is 128 Å². The van der Waals surface area contributed by atoms with Gasteiger partial charge in [-0.05, 0) is 44.4 Å². The first kappa shape index (κ1) is 15.8. The zero-order chi connectivity index (χ0) is 14.7. The number of rotatable bonds is 4. The van der Waals surface area contributed by atoms with Crippen molar-refractivity contribution in [2.45, 2.75) is 52.2 Å². The van der Waals surface area contributed by atoms with Crippen LogP contribution in [-0.2, 0) is 0 Å². The summed E-state index contributed by atoms with van der Waals surface area (Å²) in [4.78, 5) is 2.60. The smallest absolute Gasteiger partial charge is 0.0453 e. The lowest BCUT2D eigenvalue weighted by atomic mass is 9.85. The molecule has 3 heteroatoms. The molecule has 112 valence electrons. The molecule has 0 amide bonds. The third kappa shape index (κ3) is 3.19. The minimum absolute atomic E-state index is 0.378. The number of nitrogens with one attached hydrogen (secondary N) is 1. The van der Waals surface area contributed by atoms with Crippen LogP contribution < -0.4 is 5.32 Å². The fourth-order valence-electron chi connectivity index (χ4n) is 3.48. The SMILES string of the molecule is CCNC1CCN(C(C)c2ccccc2Cl)C(C)C1C. The number of likely N-dealkylation sites (tertiary alicyclic amines) is 1. The lowest BCUT2D eigenvalue weighted by Crippen LogP contribution is -2.53. The summed E-state index contributed by atoms with van der Waals surface area (Å²) in [5, 5.41) is 4.51. The van der Waals surface area contributed by atoms with Gasteiger partial charge in [-0.15, -0.1) is 0 Å². The van der Waals surface area contributed by atoms with Gasteiger partial charge in [0.1, 0.15) is 0 Å². The molecule has 4 atom stereocenters. The third-order valence-electron chi connectivity index (χ3n) is 4.94. The molecule has 1 heterocycles. The van der Waals surface area contributed by atoms with Crippen LogP contribution in [0.4, 0.5) is 0 Å². The Morgan fingerprint density at radius 3 is 2.70 bits per heavy atom. The van der Waals surface area contributed by atoms with E-state index in [1.165, 1.54) is 12.0 Å². The fraction of sp³-hybridized carbons (Fsp3) is 0.647. The van der Waals surface area contributed by atoms with E-state index in [1.807, 2.05) is 12.1 Å². The highest BCUT2D eigenvalue weighted by atomic mass is 35.5. The molecule has 0 spiro atoms. The summed E-state index contributed by atoms with van der Waals surface area (Å²) in [6.07, 6.45) is 1.22. The lowest BCUT2D eigenvalue weighted by molar-refractivity contribution is 0.0529. The zero-order valence-corrected chi connectivity index (χ0v) is 13.8. The van der Waals surface area contributed by atoms with E-state index in [-0.39, 0.29) is 0 Å². The Kier molecular flexibility index (Phi) is 5.48. The molecule has 1 aromatic rings. The summed E-state index contributed by atoms with van der Waals surface area (Å²) in [5.74, 6) is 0.661. The predicted molar refractivity (Wildman–Crippen MR) is 87.3 cm³/mol. The zero-order valence-electron chi connectivity index (χ0n) is 13.1. The van der Waals surface area contributed by atoms with Crippen molar-refractivity contribution >= 4 is 11.6 Å². The summed E-state index contributed by atoms with van der Waals surface area (Å²) in [6, 6.07) is 9.82. The van der Waals surface area contributed by atoms with Crippen LogP contribution in [0, 0.1) is 5.92 Å². The second kappa shape index (κ2) is 6.93. The summed E-state index contributed by atoms with van der Waals surface area (Å²) in [7, 11) is 0. The lowest BCUT2D eigenvalue weighted by Gasteiger charge is -2.46. The summed E-state index contributed by atoms with van der Waals surface area (Å²) >= 11 is 6.36. The van der Waals surface area contributed by atoms with Gasteiger partial charge in [0.05, 0.1) is 0 Å². The summed E-state index contributed by atoms with van der Waals surface area (Å²) in [6.45, 7) is 11.4. The average molecular weight is 295 g/mol. The molecule has 1 N–H and O–H groups in total. The molecule has 0 saturated carbocycles. The Balaban J connectivity index is 2.12. The molecule has 0 aliphatic carbocycles. The molecular weight excluding hydrogens is 268 g/mol. The van der Waals surface area contributed by atoms with E-state index in [9.17, 15) is 0 Å². The molecule has 1 saturated heterocycles. The van der Waals surface area contributed by atoms with Gasteiger partial charge in [-0.25, -0.2) is 0 Å². The maximum absolute atomic E-state index is 6.36. The fourth-order valence-corrected chi connectivity index (χ4v) is 3.78. The van der Waals surface area contributed by atoms with Gasteiger partial charge in [-0.2, -0.15) is 0 Å². The minimum atomic E-state index is 0.378. The van der Waals surface area contributed by atoms with Crippen LogP contribution in [0.1, 0.15) is 45.7 Å². The Morgan fingerprint density at radius 1 is 1.35 bits per heavy atom. The van der Waals surface area contributed by atoms with Crippen LogP contribution in [0.15, 0.2) is 24.3 Å². The predicted octanol–water partition coefficient (Wildman–Crippen LogP) is 4.11. The van der Waals surface area contributed by atoms with Crippen molar-refractivity contribution < 1.29 is 0 Å². The van der Waals surface area contributed by atoms with Gasteiger partial charge >= 0.3 is 0 Å². The van der Waals surface area contributed by atoms with Crippen molar-refractivity contribution in [3.63, 3.8) is 0 Å². The maximum Gasteiger partial charge on any atom is 0.0453 e. The van der Waals surface area contributed by atoms with Crippen molar-refractivity contribution in [2.24, 2.45) is 5.92 Å². The van der Waals surface area contributed by atoms with Gasteiger partial charge in [0.15, 0.2) is 0 Å². The Hall–Kier alpha value is -0.570. The van der Waals surface area contributed by atoms with Crippen LogP contribution >= 0.6 is 11.6 Å². The van der Waals surface area contributed by atoms with Gasteiger partial charge in [0, 0.05) is 29.7 Å². The van der Waals surface area contributed by atoms with Crippen molar-refractivity contribution in [1.29, 1.82) is 0 Å². The first-order valence-electron chi connectivity index (χ1n) is 7.79. The van der Waals surface area contributed by atoms with Crippen molar-refractivity contribution in [3.05, 3.63) is 34.9 Å². The third-order valence-corrected chi connectivity index (χ3v) is 5.28. The molecule has 1 fully saturated rings. The van der Waals surface area contributed by atoms with Gasteiger partial charge in [0.25, 0.3) is 0 Å².